The van der Waals surface area contributed by atoms with Crippen molar-refractivity contribution in [2.75, 3.05) is 33.4 Å². The molecule has 2 rings (SSSR count). The zero-order valence-corrected chi connectivity index (χ0v) is 15.4. The van der Waals surface area contributed by atoms with Crippen molar-refractivity contribution in [3.05, 3.63) is 29.8 Å². The predicted octanol–water partition coefficient (Wildman–Crippen LogP) is 2.91. The van der Waals surface area contributed by atoms with Crippen LogP contribution in [0.2, 0.25) is 0 Å². The van der Waals surface area contributed by atoms with E-state index in [9.17, 15) is 9.59 Å². The summed E-state index contributed by atoms with van der Waals surface area (Å²) in [4.78, 5) is 28.0. The maximum absolute atomic E-state index is 12.7. The van der Waals surface area contributed by atoms with E-state index in [0.29, 0.717) is 32.8 Å². The molecule has 1 atom stereocenters. The lowest BCUT2D eigenvalue weighted by Gasteiger charge is -2.33. The molecule has 1 aromatic rings. The fourth-order valence-electron chi connectivity index (χ4n) is 3.08. The first kappa shape index (κ1) is 19.1. The first-order valence-electron chi connectivity index (χ1n) is 8.93. The van der Waals surface area contributed by atoms with Gasteiger partial charge in [-0.1, -0.05) is 12.1 Å². The SMILES string of the molecule is CCOC(=O)N1CCCC(C(=O)N(C)Cc2ccc(OCC)cc2)C1. The second-order valence-electron chi connectivity index (χ2n) is 6.26. The summed E-state index contributed by atoms with van der Waals surface area (Å²) >= 11 is 0. The Bertz CT molecular complexity index is 573. The number of rotatable bonds is 6. The molecule has 1 fully saturated rings. The second kappa shape index (κ2) is 9.30. The number of carbonyl (C=O) groups is 2. The minimum absolute atomic E-state index is 0.0721. The lowest BCUT2D eigenvalue weighted by atomic mass is 9.96. The molecule has 0 saturated carbocycles. The molecule has 1 heterocycles. The second-order valence-corrected chi connectivity index (χ2v) is 6.26. The van der Waals surface area contributed by atoms with Crippen molar-refractivity contribution < 1.29 is 19.1 Å². The molecule has 1 aliphatic rings. The van der Waals surface area contributed by atoms with Gasteiger partial charge >= 0.3 is 6.09 Å². The van der Waals surface area contributed by atoms with Crippen LogP contribution in [0.3, 0.4) is 0 Å². The van der Waals surface area contributed by atoms with Crippen molar-refractivity contribution in [1.82, 2.24) is 9.80 Å². The third kappa shape index (κ3) is 5.37. The molecule has 0 N–H and O–H groups in total. The van der Waals surface area contributed by atoms with Gasteiger partial charge in [0.2, 0.25) is 5.91 Å². The van der Waals surface area contributed by atoms with Crippen molar-refractivity contribution in [2.24, 2.45) is 5.92 Å². The average Bonchev–Trinajstić information content (AvgIpc) is 2.63. The summed E-state index contributed by atoms with van der Waals surface area (Å²) in [6, 6.07) is 7.78. The molecule has 1 aromatic carbocycles. The Hall–Kier alpha value is -2.24. The summed E-state index contributed by atoms with van der Waals surface area (Å²) in [5.74, 6) is 0.742. The number of benzene rings is 1. The molecule has 6 heteroatoms. The summed E-state index contributed by atoms with van der Waals surface area (Å²) in [6.07, 6.45) is 1.31. The topological polar surface area (TPSA) is 59.1 Å². The van der Waals surface area contributed by atoms with E-state index >= 15 is 0 Å². The van der Waals surface area contributed by atoms with E-state index < -0.39 is 0 Å². The highest BCUT2D eigenvalue weighted by Crippen LogP contribution is 2.20. The minimum atomic E-state index is -0.325. The van der Waals surface area contributed by atoms with Crippen molar-refractivity contribution in [3.8, 4) is 5.75 Å². The summed E-state index contributed by atoms with van der Waals surface area (Å²) in [7, 11) is 1.81. The summed E-state index contributed by atoms with van der Waals surface area (Å²) in [6.45, 7) is 6.36. The first-order valence-corrected chi connectivity index (χ1v) is 8.93. The third-order valence-electron chi connectivity index (χ3n) is 4.33. The molecule has 2 amide bonds. The van der Waals surface area contributed by atoms with Crippen LogP contribution in [-0.4, -0.2) is 55.2 Å². The van der Waals surface area contributed by atoms with Crippen LogP contribution in [0.1, 0.15) is 32.3 Å². The van der Waals surface area contributed by atoms with Crippen LogP contribution in [-0.2, 0) is 16.1 Å². The highest BCUT2D eigenvalue weighted by atomic mass is 16.6. The molecule has 6 nitrogen and oxygen atoms in total. The van der Waals surface area contributed by atoms with Gasteiger partial charge in [-0.3, -0.25) is 4.79 Å². The average molecular weight is 348 g/mol. The van der Waals surface area contributed by atoms with Crippen LogP contribution in [0.5, 0.6) is 5.75 Å². The van der Waals surface area contributed by atoms with Crippen LogP contribution < -0.4 is 4.74 Å². The quantitative estimate of drug-likeness (QED) is 0.793. The Morgan fingerprint density at radius 3 is 2.56 bits per heavy atom. The molecular formula is C19H28N2O4. The van der Waals surface area contributed by atoms with E-state index in [1.165, 1.54) is 0 Å². The van der Waals surface area contributed by atoms with Gasteiger partial charge in [-0.15, -0.1) is 0 Å². The van der Waals surface area contributed by atoms with Gasteiger partial charge in [0.1, 0.15) is 5.75 Å². The number of likely N-dealkylation sites (tertiary alicyclic amines) is 1. The molecule has 0 aliphatic carbocycles. The molecule has 25 heavy (non-hydrogen) atoms. The number of hydrogen-bond acceptors (Lipinski definition) is 4. The van der Waals surface area contributed by atoms with E-state index in [0.717, 1.165) is 24.2 Å². The van der Waals surface area contributed by atoms with Crippen LogP contribution in [0.15, 0.2) is 24.3 Å². The molecule has 138 valence electrons. The van der Waals surface area contributed by atoms with Crippen LogP contribution in [0.25, 0.3) is 0 Å². The Labute approximate surface area is 149 Å². The van der Waals surface area contributed by atoms with Gasteiger partial charge < -0.3 is 19.3 Å². The van der Waals surface area contributed by atoms with Gasteiger partial charge in [0.15, 0.2) is 0 Å². The molecule has 1 unspecified atom stereocenters. The summed E-state index contributed by atoms with van der Waals surface area (Å²) < 4.78 is 10.5. The van der Waals surface area contributed by atoms with Crippen molar-refractivity contribution in [3.63, 3.8) is 0 Å². The molecule has 1 aliphatic heterocycles. The van der Waals surface area contributed by atoms with Gasteiger partial charge in [-0.2, -0.15) is 0 Å². The van der Waals surface area contributed by atoms with E-state index in [4.69, 9.17) is 9.47 Å². The van der Waals surface area contributed by atoms with Gasteiger partial charge in [0.05, 0.1) is 19.1 Å². The number of amides is 2. The highest BCUT2D eigenvalue weighted by molar-refractivity contribution is 5.80. The first-order chi connectivity index (χ1) is 12.0. The molecule has 0 radical (unpaired) electrons. The molecule has 0 bridgehead atoms. The molecule has 0 aromatic heterocycles. The van der Waals surface area contributed by atoms with E-state index in [-0.39, 0.29) is 17.9 Å². The van der Waals surface area contributed by atoms with Crippen molar-refractivity contribution in [2.45, 2.75) is 33.2 Å². The fourth-order valence-corrected chi connectivity index (χ4v) is 3.08. The third-order valence-corrected chi connectivity index (χ3v) is 4.33. The van der Waals surface area contributed by atoms with Gasteiger partial charge in [-0.25, -0.2) is 4.79 Å². The van der Waals surface area contributed by atoms with Gasteiger partial charge in [0, 0.05) is 26.7 Å². The zero-order valence-electron chi connectivity index (χ0n) is 15.4. The monoisotopic (exact) mass is 348 g/mol. The number of piperidine rings is 1. The zero-order chi connectivity index (χ0) is 18.2. The Morgan fingerprint density at radius 1 is 1.20 bits per heavy atom. The van der Waals surface area contributed by atoms with E-state index in [2.05, 4.69) is 0 Å². The lowest BCUT2D eigenvalue weighted by molar-refractivity contribution is -0.136. The van der Waals surface area contributed by atoms with Crippen LogP contribution >= 0.6 is 0 Å². The number of hydrogen-bond donors (Lipinski definition) is 0. The van der Waals surface area contributed by atoms with Gasteiger partial charge in [0.25, 0.3) is 0 Å². The lowest BCUT2D eigenvalue weighted by Crippen LogP contribution is -2.45. The maximum Gasteiger partial charge on any atom is 0.409 e. The normalized spacial score (nSPS) is 17.1. The van der Waals surface area contributed by atoms with Crippen molar-refractivity contribution in [1.29, 1.82) is 0 Å². The van der Waals surface area contributed by atoms with Crippen LogP contribution in [0, 0.1) is 5.92 Å². The molecular weight excluding hydrogens is 320 g/mol. The highest BCUT2D eigenvalue weighted by Gasteiger charge is 2.30. The predicted molar refractivity (Wildman–Crippen MR) is 95.4 cm³/mol. The van der Waals surface area contributed by atoms with Gasteiger partial charge in [-0.05, 0) is 44.4 Å². The van der Waals surface area contributed by atoms with E-state index in [1.54, 1.807) is 16.7 Å². The fraction of sp³-hybridized carbons (Fsp3) is 0.579. The molecule has 0 spiro atoms. The van der Waals surface area contributed by atoms with Crippen molar-refractivity contribution >= 4 is 12.0 Å². The smallest absolute Gasteiger partial charge is 0.409 e. The largest absolute Gasteiger partial charge is 0.494 e. The summed E-state index contributed by atoms with van der Waals surface area (Å²) in [5, 5.41) is 0. The molecule has 1 saturated heterocycles. The Morgan fingerprint density at radius 2 is 1.92 bits per heavy atom. The minimum Gasteiger partial charge on any atom is -0.494 e. The Balaban J connectivity index is 1.91. The number of nitrogens with zero attached hydrogens (tertiary/aromatic N) is 2. The number of ether oxygens (including phenoxy) is 2. The number of carbonyl (C=O) groups excluding carboxylic acids is 2. The van der Waals surface area contributed by atoms with E-state index in [1.807, 2.05) is 38.2 Å². The summed E-state index contributed by atoms with van der Waals surface area (Å²) in [5.41, 5.74) is 1.05. The van der Waals surface area contributed by atoms with Crippen LogP contribution in [0.4, 0.5) is 4.79 Å². The standard InChI is InChI=1S/C19H28N2O4/c1-4-24-17-10-8-15(9-11-17)13-20(3)18(22)16-7-6-12-21(14-16)19(23)25-5-2/h8-11,16H,4-7,12-14H2,1-3H3. The Kier molecular flexibility index (Phi) is 7.10. The maximum atomic E-state index is 12.7.